The van der Waals surface area contributed by atoms with E-state index in [9.17, 15) is 0 Å². The Hall–Kier alpha value is -0.260. The molecule has 0 saturated heterocycles. The standard InChI is InChI=1S/C25H46/c1-12-15-16(4)17(5)18(6)19(7)21-22-20(13-2)23(8,9)25(22,14-3)24(21,10)11/h16-17,20-22H,12-15H2,1-11H3. The molecule has 0 nitrogen and oxygen atoms in total. The lowest BCUT2D eigenvalue weighted by Crippen LogP contribution is -2.80. The van der Waals surface area contributed by atoms with Crippen molar-refractivity contribution in [1.29, 1.82) is 0 Å². The fourth-order valence-corrected chi connectivity index (χ4v) is 8.32. The van der Waals surface area contributed by atoms with E-state index in [0.717, 1.165) is 29.6 Å². The van der Waals surface area contributed by atoms with Crippen molar-refractivity contribution in [1.82, 2.24) is 0 Å². The number of rotatable bonds is 7. The Morgan fingerprint density at radius 1 is 0.920 bits per heavy atom. The second-order valence-corrected chi connectivity index (χ2v) is 10.7. The minimum atomic E-state index is 0.431. The lowest BCUT2D eigenvalue weighted by Gasteiger charge is -2.85. The Labute approximate surface area is 159 Å². The fraction of sp³-hybridized carbons (Fsp3) is 0.920. The Kier molecular flexibility index (Phi) is 5.66. The van der Waals surface area contributed by atoms with Crippen molar-refractivity contribution in [2.24, 2.45) is 45.8 Å². The molecular formula is C25H46. The first kappa shape index (κ1) is 21.0. The number of allylic oxidation sites excluding steroid dienone is 2. The summed E-state index contributed by atoms with van der Waals surface area (Å²) in [6, 6.07) is 0. The molecule has 0 N–H and O–H groups in total. The van der Waals surface area contributed by atoms with E-state index >= 15 is 0 Å². The molecule has 2 aliphatic rings. The summed E-state index contributed by atoms with van der Waals surface area (Å²) < 4.78 is 0. The highest BCUT2D eigenvalue weighted by molar-refractivity contribution is 5.36. The summed E-state index contributed by atoms with van der Waals surface area (Å²) in [6.45, 7) is 27.4. The zero-order chi connectivity index (χ0) is 19.4. The van der Waals surface area contributed by atoms with Gasteiger partial charge in [-0.15, -0.1) is 0 Å². The lowest BCUT2D eigenvalue weighted by molar-refractivity contribution is -0.366. The van der Waals surface area contributed by atoms with E-state index in [1.807, 2.05) is 0 Å². The highest BCUT2D eigenvalue weighted by Crippen LogP contribution is 2.86. The molecule has 0 aromatic carbocycles. The van der Waals surface area contributed by atoms with Crippen LogP contribution in [0.2, 0.25) is 0 Å². The van der Waals surface area contributed by atoms with Crippen molar-refractivity contribution in [3.8, 4) is 0 Å². The van der Waals surface area contributed by atoms with Crippen LogP contribution in [0.3, 0.4) is 0 Å². The van der Waals surface area contributed by atoms with Gasteiger partial charge in [-0.05, 0) is 66.1 Å². The van der Waals surface area contributed by atoms with Crippen molar-refractivity contribution < 1.29 is 0 Å². The van der Waals surface area contributed by atoms with Gasteiger partial charge in [0.15, 0.2) is 0 Å². The summed E-state index contributed by atoms with van der Waals surface area (Å²) in [7, 11) is 0. The van der Waals surface area contributed by atoms with Crippen molar-refractivity contribution >= 4 is 0 Å². The van der Waals surface area contributed by atoms with Gasteiger partial charge in [0.25, 0.3) is 0 Å². The van der Waals surface area contributed by atoms with Crippen LogP contribution >= 0.6 is 0 Å². The number of hydrogen-bond donors (Lipinski definition) is 0. The van der Waals surface area contributed by atoms with Crippen LogP contribution in [0.4, 0.5) is 0 Å². The molecule has 0 heterocycles. The Morgan fingerprint density at radius 2 is 1.48 bits per heavy atom. The van der Waals surface area contributed by atoms with Gasteiger partial charge >= 0.3 is 0 Å². The first-order valence-electron chi connectivity index (χ1n) is 11.1. The Bertz CT molecular complexity index is 520. The van der Waals surface area contributed by atoms with E-state index in [4.69, 9.17) is 0 Å². The topological polar surface area (TPSA) is 0 Å². The molecule has 146 valence electrons. The predicted octanol–water partition coefficient (Wildman–Crippen LogP) is 8.13. The molecule has 0 spiro atoms. The smallest absolute Gasteiger partial charge is 0.0109 e. The molecule has 2 rings (SSSR count). The molecule has 2 aliphatic carbocycles. The summed E-state index contributed by atoms with van der Waals surface area (Å²) in [5, 5.41) is 0. The third kappa shape index (κ3) is 2.45. The monoisotopic (exact) mass is 346 g/mol. The molecule has 0 aromatic rings. The van der Waals surface area contributed by atoms with Crippen molar-refractivity contribution in [2.75, 3.05) is 0 Å². The molecule has 2 fully saturated rings. The molecule has 0 amide bonds. The molecule has 6 atom stereocenters. The van der Waals surface area contributed by atoms with Crippen LogP contribution in [0.1, 0.15) is 102 Å². The van der Waals surface area contributed by atoms with Crippen LogP contribution in [-0.4, -0.2) is 0 Å². The van der Waals surface area contributed by atoms with Crippen molar-refractivity contribution in [2.45, 2.75) is 102 Å². The third-order valence-corrected chi connectivity index (χ3v) is 9.73. The summed E-state index contributed by atoms with van der Waals surface area (Å²) in [5.74, 6) is 4.13. The normalized spacial score (nSPS) is 38.8. The molecule has 25 heavy (non-hydrogen) atoms. The third-order valence-electron chi connectivity index (χ3n) is 9.73. The van der Waals surface area contributed by atoms with Crippen LogP contribution < -0.4 is 0 Å². The van der Waals surface area contributed by atoms with E-state index in [-0.39, 0.29) is 0 Å². The van der Waals surface area contributed by atoms with Gasteiger partial charge < -0.3 is 0 Å². The number of fused-ring (bicyclic) bond motifs is 1. The number of hydrogen-bond acceptors (Lipinski definition) is 0. The van der Waals surface area contributed by atoms with Gasteiger partial charge in [0, 0.05) is 0 Å². The van der Waals surface area contributed by atoms with Gasteiger partial charge in [0.05, 0.1) is 0 Å². The fourth-order valence-electron chi connectivity index (χ4n) is 8.32. The maximum absolute atomic E-state index is 2.59. The van der Waals surface area contributed by atoms with E-state index in [2.05, 4.69) is 76.2 Å². The summed E-state index contributed by atoms with van der Waals surface area (Å²) in [4.78, 5) is 0. The highest BCUT2D eigenvalue weighted by Gasteiger charge is 2.81. The van der Waals surface area contributed by atoms with Crippen LogP contribution in [-0.2, 0) is 0 Å². The maximum Gasteiger partial charge on any atom is -0.0109 e. The Balaban J connectivity index is 2.38. The average molecular weight is 347 g/mol. The van der Waals surface area contributed by atoms with Gasteiger partial charge in [0.2, 0.25) is 0 Å². The molecule has 0 aromatic heterocycles. The van der Waals surface area contributed by atoms with Crippen molar-refractivity contribution in [3.05, 3.63) is 11.1 Å². The molecule has 0 heteroatoms. The van der Waals surface area contributed by atoms with Crippen LogP contribution in [0.5, 0.6) is 0 Å². The van der Waals surface area contributed by atoms with Gasteiger partial charge in [-0.25, -0.2) is 0 Å². The second kappa shape index (κ2) is 6.72. The summed E-state index contributed by atoms with van der Waals surface area (Å²) >= 11 is 0. The Morgan fingerprint density at radius 3 is 1.92 bits per heavy atom. The minimum absolute atomic E-state index is 0.431. The van der Waals surface area contributed by atoms with E-state index in [1.165, 1.54) is 25.7 Å². The second-order valence-electron chi connectivity index (χ2n) is 10.7. The molecule has 6 unspecified atom stereocenters. The van der Waals surface area contributed by atoms with E-state index in [1.54, 1.807) is 11.1 Å². The highest BCUT2D eigenvalue weighted by atomic mass is 14.8. The SMILES string of the molecule is CCCC(C)C(C)C(C)=C(C)C1C2C(CC)C(C)(C)C2(CC)C1(C)C. The lowest BCUT2D eigenvalue weighted by atomic mass is 9.19. The first-order chi connectivity index (χ1) is 11.5. The predicted molar refractivity (Wildman–Crippen MR) is 113 cm³/mol. The van der Waals surface area contributed by atoms with Gasteiger partial charge in [0.1, 0.15) is 0 Å². The zero-order valence-electron chi connectivity index (χ0n) is 19.2. The van der Waals surface area contributed by atoms with Crippen LogP contribution in [0, 0.1) is 45.8 Å². The van der Waals surface area contributed by atoms with E-state index < -0.39 is 0 Å². The largest absolute Gasteiger partial charge is 0.0710 e. The maximum atomic E-state index is 2.59. The van der Waals surface area contributed by atoms with E-state index in [0.29, 0.717) is 16.2 Å². The minimum Gasteiger partial charge on any atom is -0.0710 e. The molecule has 0 aliphatic heterocycles. The quantitative estimate of drug-likeness (QED) is 0.408. The van der Waals surface area contributed by atoms with Crippen molar-refractivity contribution in [3.63, 3.8) is 0 Å². The summed E-state index contributed by atoms with van der Waals surface area (Å²) in [6.07, 6.45) is 5.35. The summed E-state index contributed by atoms with van der Waals surface area (Å²) in [5.41, 5.74) is 4.91. The van der Waals surface area contributed by atoms with Crippen LogP contribution in [0.15, 0.2) is 11.1 Å². The average Bonchev–Trinajstić information content (AvgIpc) is 2.52. The van der Waals surface area contributed by atoms with Gasteiger partial charge in [-0.3, -0.25) is 0 Å². The zero-order valence-corrected chi connectivity index (χ0v) is 19.2. The van der Waals surface area contributed by atoms with Gasteiger partial charge in [-0.2, -0.15) is 0 Å². The molecule has 2 saturated carbocycles. The van der Waals surface area contributed by atoms with Crippen LogP contribution in [0.25, 0.3) is 0 Å². The first-order valence-corrected chi connectivity index (χ1v) is 11.1. The molecule has 0 radical (unpaired) electrons. The van der Waals surface area contributed by atoms with Gasteiger partial charge in [-0.1, -0.05) is 92.7 Å². The molecule has 0 bridgehead atoms. The molecular weight excluding hydrogens is 300 g/mol.